The average Bonchev–Trinajstić information content (AvgIpc) is 2.68. The minimum absolute atomic E-state index is 0.0723. The van der Waals surface area contributed by atoms with E-state index in [0.29, 0.717) is 18.7 Å². The van der Waals surface area contributed by atoms with Crippen molar-refractivity contribution in [3.63, 3.8) is 0 Å². The summed E-state index contributed by atoms with van der Waals surface area (Å²) in [5.74, 6) is 0.712. The van der Waals surface area contributed by atoms with Gasteiger partial charge in [-0.05, 0) is 55.7 Å². The lowest BCUT2D eigenvalue weighted by Crippen LogP contribution is -2.46. The van der Waals surface area contributed by atoms with E-state index in [1.165, 1.54) is 0 Å². The van der Waals surface area contributed by atoms with E-state index in [9.17, 15) is 9.59 Å². The Balaban J connectivity index is 1.54. The van der Waals surface area contributed by atoms with Gasteiger partial charge in [0.1, 0.15) is 5.75 Å². The molecule has 136 valence electrons. The zero-order chi connectivity index (χ0) is 18.5. The number of hydrogen-bond donors (Lipinski definition) is 1. The van der Waals surface area contributed by atoms with Crippen LogP contribution in [0.1, 0.15) is 39.1 Å². The molecule has 0 aromatic heterocycles. The molecule has 1 aliphatic heterocycles. The summed E-state index contributed by atoms with van der Waals surface area (Å²) in [4.78, 5) is 26.9. The highest BCUT2D eigenvalue weighted by molar-refractivity contribution is 5.96. The summed E-state index contributed by atoms with van der Waals surface area (Å²) in [6.07, 6.45) is 1.53. The smallest absolute Gasteiger partial charge is 0.254 e. The lowest BCUT2D eigenvalue weighted by molar-refractivity contribution is 0.0697. The topological polar surface area (TPSA) is 58.6 Å². The summed E-state index contributed by atoms with van der Waals surface area (Å²) in [7, 11) is 1.60. The molecule has 2 aromatic carbocycles. The van der Waals surface area contributed by atoms with Crippen LogP contribution >= 0.6 is 0 Å². The van der Waals surface area contributed by atoms with Crippen LogP contribution in [-0.4, -0.2) is 43.0 Å². The number of piperidine rings is 1. The van der Waals surface area contributed by atoms with Crippen LogP contribution < -0.4 is 10.1 Å². The largest absolute Gasteiger partial charge is 0.497 e. The van der Waals surface area contributed by atoms with E-state index in [1.54, 1.807) is 31.4 Å². The van der Waals surface area contributed by atoms with Crippen LogP contribution in [0.5, 0.6) is 5.75 Å². The molecule has 1 fully saturated rings. The Morgan fingerprint density at radius 1 is 1.04 bits per heavy atom. The normalized spacial score (nSPS) is 14.8. The third-order valence-electron chi connectivity index (χ3n) is 4.85. The summed E-state index contributed by atoms with van der Waals surface area (Å²) in [6.45, 7) is 3.26. The summed E-state index contributed by atoms with van der Waals surface area (Å²) >= 11 is 0. The second-order valence-corrected chi connectivity index (χ2v) is 6.58. The van der Waals surface area contributed by atoms with Gasteiger partial charge in [0.05, 0.1) is 7.11 Å². The number of likely N-dealkylation sites (tertiary alicyclic amines) is 1. The van der Waals surface area contributed by atoms with E-state index in [2.05, 4.69) is 5.32 Å². The summed E-state index contributed by atoms with van der Waals surface area (Å²) in [5.41, 5.74) is 2.37. The molecular formula is C21H24N2O3. The Morgan fingerprint density at radius 3 is 2.31 bits per heavy atom. The second-order valence-electron chi connectivity index (χ2n) is 6.58. The molecule has 0 saturated carbocycles. The van der Waals surface area contributed by atoms with Crippen molar-refractivity contribution >= 4 is 11.8 Å². The first-order chi connectivity index (χ1) is 12.6. The van der Waals surface area contributed by atoms with Crippen molar-refractivity contribution in [3.8, 4) is 5.75 Å². The molecule has 1 heterocycles. The number of hydrogen-bond acceptors (Lipinski definition) is 3. The zero-order valence-electron chi connectivity index (χ0n) is 15.2. The van der Waals surface area contributed by atoms with E-state index >= 15 is 0 Å². The molecule has 0 radical (unpaired) electrons. The molecule has 5 nitrogen and oxygen atoms in total. The highest BCUT2D eigenvalue weighted by Gasteiger charge is 2.25. The third-order valence-corrected chi connectivity index (χ3v) is 4.85. The fourth-order valence-electron chi connectivity index (χ4n) is 3.22. The lowest BCUT2D eigenvalue weighted by atomic mass is 10.0. The number of nitrogens with one attached hydrogen (secondary N) is 1. The summed E-state index contributed by atoms with van der Waals surface area (Å²) in [6, 6.07) is 14.8. The van der Waals surface area contributed by atoms with Crippen LogP contribution in [0.3, 0.4) is 0 Å². The Bertz CT molecular complexity index is 778. The van der Waals surface area contributed by atoms with Gasteiger partial charge in [-0.1, -0.05) is 18.2 Å². The molecule has 0 spiro atoms. The molecule has 2 aromatic rings. The van der Waals surface area contributed by atoms with E-state index in [4.69, 9.17) is 4.74 Å². The molecule has 0 bridgehead atoms. The Morgan fingerprint density at radius 2 is 1.69 bits per heavy atom. The van der Waals surface area contributed by atoms with E-state index in [0.717, 1.165) is 29.7 Å². The molecule has 0 atom stereocenters. The molecule has 1 N–H and O–H groups in total. The van der Waals surface area contributed by atoms with E-state index in [-0.39, 0.29) is 17.9 Å². The van der Waals surface area contributed by atoms with Gasteiger partial charge < -0.3 is 15.0 Å². The van der Waals surface area contributed by atoms with Gasteiger partial charge in [-0.3, -0.25) is 9.59 Å². The highest BCUT2D eigenvalue weighted by Crippen LogP contribution is 2.17. The molecule has 5 heteroatoms. The number of amides is 2. The van der Waals surface area contributed by atoms with Crippen LogP contribution in [-0.2, 0) is 0 Å². The van der Waals surface area contributed by atoms with Crippen molar-refractivity contribution in [1.29, 1.82) is 0 Å². The van der Waals surface area contributed by atoms with Crippen molar-refractivity contribution in [3.05, 3.63) is 65.2 Å². The molecule has 2 amide bonds. The quantitative estimate of drug-likeness (QED) is 0.920. The van der Waals surface area contributed by atoms with Crippen LogP contribution in [0.25, 0.3) is 0 Å². The number of aryl methyl sites for hydroxylation is 1. The Labute approximate surface area is 154 Å². The van der Waals surface area contributed by atoms with Crippen molar-refractivity contribution in [2.75, 3.05) is 20.2 Å². The molecule has 1 aliphatic rings. The van der Waals surface area contributed by atoms with Gasteiger partial charge in [0.15, 0.2) is 0 Å². The number of carbonyl (C=O) groups excluding carboxylic acids is 2. The SMILES string of the molecule is COc1ccc(C(=O)NC2CCN(C(=O)c3ccccc3C)CC2)cc1. The van der Waals surface area contributed by atoms with Crippen molar-refractivity contribution < 1.29 is 14.3 Å². The Kier molecular flexibility index (Phi) is 5.56. The van der Waals surface area contributed by atoms with Crippen molar-refractivity contribution in [2.45, 2.75) is 25.8 Å². The van der Waals surface area contributed by atoms with Gasteiger partial charge in [-0.25, -0.2) is 0 Å². The lowest BCUT2D eigenvalue weighted by Gasteiger charge is -2.32. The monoisotopic (exact) mass is 352 g/mol. The molecule has 3 rings (SSSR count). The standard InChI is InChI=1S/C21H24N2O3/c1-15-5-3-4-6-19(15)21(25)23-13-11-17(12-14-23)22-20(24)16-7-9-18(26-2)10-8-16/h3-10,17H,11-14H2,1-2H3,(H,22,24). The highest BCUT2D eigenvalue weighted by atomic mass is 16.5. The molecule has 1 saturated heterocycles. The van der Waals surface area contributed by atoms with Gasteiger partial charge >= 0.3 is 0 Å². The second kappa shape index (κ2) is 8.04. The number of nitrogens with zero attached hydrogens (tertiary/aromatic N) is 1. The first kappa shape index (κ1) is 18.0. The number of ether oxygens (including phenoxy) is 1. The number of methoxy groups -OCH3 is 1. The molecule has 0 unspecified atom stereocenters. The third kappa shape index (κ3) is 4.04. The Hall–Kier alpha value is -2.82. The first-order valence-corrected chi connectivity index (χ1v) is 8.88. The van der Waals surface area contributed by atoms with Crippen LogP contribution in [0.4, 0.5) is 0 Å². The average molecular weight is 352 g/mol. The predicted octanol–water partition coefficient (Wildman–Crippen LogP) is 3.04. The van der Waals surface area contributed by atoms with Gasteiger partial charge in [0, 0.05) is 30.3 Å². The first-order valence-electron chi connectivity index (χ1n) is 8.88. The van der Waals surface area contributed by atoms with Crippen LogP contribution in [0.2, 0.25) is 0 Å². The molecule has 0 aliphatic carbocycles. The van der Waals surface area contributed by atoms with Crippen molar-refractivity contribution in [2.24, 2.45) is 0 Å². The minimum atomic E-state index is -0.0867. The molecular weight excluding hydrogens is 328 g/mol. The number of rotatable bonds is 4. The fraction of sp³-hybridized carbons (Fsp3) is 0.333. The summed E-state index contributed by atoms with van der Waals surface area (Å²) in [5, 5.41) is 3.07. The van der Waals surface area contributed by atoms with E-state index in [1.807, 2.05) is 36.1 Å². The fourth-order valence-corrected chi connectivity index (χ4v) is 3.22. The number of carbonyl (C=O) groups is 2. The van der Waals surface area contributed by atoms with Gasteiger partial charge in [0.25, 0.3) is 11.8 Å². The maximum atomic E-state index is 12.7. The van der Waals surface area contributed by atoms with Gasteiger partial charge in [-0.15, -0.1) is 0 Å². The van der Waals surface area contributed by atoms with Crippen molar-refractivity contribution in [1.82, 2.24) is 10.2 Å². The minimum Gasteiger partial charge on any atom is -0.497 e. The van der Waals surface area contributed by atoms with Crippen LogP contribution in [0, 0.1) is 6.92 Å². The van der Waals surface area contributed by atoms with Crippen LogP contribution in [0.15, 0.2) is 48.5 Å². The van der Waals surface area contributed by atoms with Gasteiger partial charge in [0.2, 0.25) is 0 Å². The summed E-state index contributed by atoms with van der Waals surface area (Å²) < 4.78 is 5.11. The predicted molar refractivity (Wildman–Crippen MR) is 101 cm³/mol. The number of benzene rings is 2. The van der Waals surface area contributed by atoms with E-state index < -0.39 is 0 Å². The maximum absolute atomic E-state index is 12.7. The van der Waals surface area contributed by atoms with Gasteiger partial charge in [-0.2, -0.15) is 0 Å². The maximum Gasteiger partial charge on any atom is 0.254 e. The zero-order valence-corrected chi connectivity index (χ0v) is 15.2. The molecule has 26 heavy (non-hydrogen) atoms.